The molecule has 0 fully saturated rings. The topological polar surface area (TPSA) is 84.7 Å². The first kappa shape index (κ1) is 20.2. The van der Waals surface area contributed by atoms with Crippen molar-refractivity contribution in [1.82, 2.24) is 25.2 Å². The van der Waals surface area contributed by atoms with Gasteiger partial charge in [0.05, 0.1) is 11.3 Å². The molecule has 156 valence electrons. The summed E-state index contributed by atoms with van der Waals surface area (Å²) in [6, 6.07) is 15.5. The molecule has 0 radical (unpaired) electrons. The molecule has 2 N–H and O–H groups in total. The minimum absolute atomic E-state index is 0.300. The summed E-state index contributed by atoms with van der Waals surface area (Å²) < 4.78 is 14.9. The van der Waals surface area contributed by atoms with Crippen molar-refractivity contribution < 1.29 is 9.18 Å². The number of amides is 1. The summed E-state index contributed by atoms with van der Waals surface area (Å²) in [6.07, 6.45) is 1.62. The van der Waals surface area contributed by atoms with E-state index in [9.17, 15) is 9.18 Å². The first-order chi connectivity index (χ1) is 14.9. The maximum absolute atomic E-state index is 13.3. The Labute approximate surface area is 179 Å². The minimum atomic E-state index is -0.396. The number of hydrogen-bond acceptors (Lipinski definition) is 5. The van der Waals surface area contributed by atoms with Crippen molar-refractivity contribution in [2.75, 3.05) is 5.43 Å². The molecule has 0 spiro atoms. The first-order valence-electron chi connectivity index (χ1n) is 9.70. The van der Waals surface area contributed by atoms with E-state index in [1.54, 1.807) is 23.0 Å². The molecule has 8 heteroatoms. The number of carbonyl (C=O) groups is 1. The van der Waals surface area contributed by atoms with Crippen LogP contribution in [-0.2, 0) is 0 Å². The molecule has 0 aliphatic heterocycles. The van der Waals surface area contributed by atoms with Crippen LogP contribution in [0.2, 0.25) is 0 Å². The number of nitrogens with one attached hydrogen (secondary N) is 2. The highest BCUT2D eigenvalue weighted by atomic mass is 19.1. The highest BCUT2D eigenvalue weighted by Crippen LogP contribution is 2.25. The Morgan fingerprint density at radius 1 is 0.968 bits per heavy atom. The van der Waals surface area contributed by atoms with Gasteiger partial charge < -0.3 is 0 Å². The van der Waals surface area contributed by atoms with Crippen LogP contribution in [0.1, 0.15) is 27.3 Å². The summed E-state index contributed by atoms with van der Waals surface area (Å²) in [7, 11) is 0. The Hall–Kier alpha value is -4.07. The zero-order chi connectivity index (χ0) is 22.0. The Balaban J connectivity index is 1.68. The Bertz CT molecular complexity index is 1230. The number of anilines is 1. The van der Waals surface area contributed by atoms with Gasteiger partial charge in [0.15, 0.2) is 0 Å². The van der Waals surface area contributed by atoms with Crippen LogP contribution in [0.5, 0.6) is 0 Å². The van der Waals surface area contributed by atoms with Gasteiger partial charge >= 0.3 is 0 Å². The molecule has 1 amide bonds. The van der Waals surface area contributed by atoms with Gasteiger partial charge in [0.1, 0.15) is 11.5 Å². The summed E-state index contributed by atoms with van der Waals surface area (Å²) in [5.41, 5.74) is 10.3. The lowest BCUT2D eigenvalue weighted by Gasteiger charge is -2.08. The lowest BCUT2D eigenvalue weighted by Crippen LogP contribution is -2.30. The molecule has 0 bridgehead atoms. The average molecular weight is 416 g/mol. The zero-order valence-corrected chi connectivity index (χ0v) is 17.3. The van der Waals surface area contributed by atoms with Gasteiger partial charge in [-0.3, -0.25) is 15.6 Å². The molecule has 0 atom stereocenters. The van der Waals surface area contributed by atoms with Crippen molar-refractivity contribution in [2.45, 2.75) is 20.8 Å². The van der Waals surface area contributed by atoms with Gasteiger partial charge in [-0.15, -0.1) is 0 Å². The number of hydrogen-bond donors (Lipinski definition) is 2. The smallest absolute Gasteiger partial charge is 0.267 e. The number of carbonyl (C=O) groups excluding carboxylic acids is 1. The van der Waals surface area contributed by atoms with E-state index in [0.29, 0.717) is 22.9 Å². The van der Waals surface area contributed by atoms with E-state index in [1.807, 2.05) is 51.1 Å². The van der Waals surface area contributed by atoms with E-state index in [0.717, 1.165) is 22.5 Å². The van der Waals surface area contributed by atoms with Crippen molar-refractivity contribution in [3.63, 3.8) is 0 Å². The number of nitrogens with zero attached hydrogens (tertiary/aromatic N) is 4. The fraction of sp³-hybridized carbons (Fsp3) is 0.130. The Morgan fingerprint density at radius 2 is 1.68 bits per heavy atom. The van der Waals surface area contributed by atoms with E-state index in [1.165, 1.54) is 12.1 Å². The molecule has 4 rings (SSSR count). The number of aromatic nitrogens is 4. The van der Waals surface area contributed by atoms with Crippen LogP contribution < -0.4 is 10.9 Å². The molecule has 7 nitrogen and oxygen atoms in total. The van der Waals surface area contributed by atoms with Crippen molar-refractivity contribution >= 4 is 11.9 Å². The lowest BCUT2D eigenvalue weighted by atomic mass is 10.1. The fourth-order valence-corrected chi connectivity index (χ4v) is 3.23. The van der Waals surface area contributed by atoms with Crippen LogP contribution in [0.25, 0.3) is 16.9 Å². The van der Waals surface area contributed by atoms with E-state index in [4.69, 9.17) is 0 Å². The number of benzene rings is 2. The van der Waals surface area contributed by atoms with Crippen LogP contribution in [-0.4, -0.2) is 25.7 Å². The second-order valence-electron chi connectivity index (χ2n) is 7.24. The van der Waals surface area contributed by atoms with Crippen LogP contribution in [0.4, 0.5) is 10.3 Å². The summed E-state index contributed by atoms with van der Waals surface area (Å²) >= 11 is 0. The van der Waals surface area contributed by atoms with Crippen LogP contribution in [0, 0.1) is 26.6 Å². The summed E-state index contributed by atoms with van der Waals surface area (Å²) in [4.78, 5) is 21.5. The molecule has 0 aliphatic rings. The van der Waals surface area contributed by atoms with Crippen LogP contribution in [0.3, 0.4) is 0 Å². The third-order valence-electron chi connectivity index (χ3n) is 4.61. The monoisotopic (exact) mass is 416 g/mol. The molecular weight excluding hydrogens is 395 g/mol. The molecule has 2 heterocycles. The Kier molecular flexibility index (Phi) is 5.44. The van der Waals surface area contributed by atoms with E-state index in [-0.39, 0.29) is 5.82 Å². The number of halogens is 1. The normalized spacial score (nSPS) is 10.7. The molecule has 4 aromatic rings. The lowest BCUT2D eigenvalue weighted by molar-refractivity contribution is 0.0963. The molecular formula is C23H21FN6O. The van der Waals surface area contributed by atoms with Gasteiger partial charge in [-0.25, -0.2) is 19.0 Å². The average Bonchev–Trinajstić information content (AvgIpc) is 3.17. The maximum Gasteiger partial charge on any atom is 0.273 e. The SMILES string of the molecule is Cc1cccc(-c2nn(-c3ccc(F)cc3)cc2C(=O)NNc2nc(C)cc(C)n2)c1. The zero-order valence-electron chi connectivity index (χ0n) is 17.3. The molecule has 0 unspecified atom stereocenters. The Morgan fingerprint density at radius 3 is 2.35 bits per heavy atom. The van der Waals surface area contributed by atoms with Gasteiger partial charge in [-0.2, -0.15) is 5.10 Å². The highest BCUT2D eigenvalue weighted by molar-refractivity contribution is 6.00. The second-order valence-corrected chi connectivity index (χ2v) is 7.24. The standard InChI is InChI=1S/C23H21FN6O/c1-14-5-4-6-17(11-14)21-20(13-30(29-21)19-9-7-18(24)8-10-19)22(31)27-28-23-25-15(2)12-16(3)26-23/h4-13H,1-3H3,(H,27,31)(H,25,26,28). The van der Waals surface area contributed by atoms with Gasteiger partial charge in [0.25, 0.3) is 5.91 Å². The predicted octanol–water partition coefficient (Wildman–Crippen LogP) is 4.15. The minimum Gasteiger partial charge on any atom is -0.267 e. The summed E-state index contributed by atoms with van der Waals surface area (Å²) in [5, 5.41) is 4.60. The molecule has 31 heavy (non-hydrogen) atoms. The van der Waals surface area contributed by atoms with Crippen molar-refractivity contribution in [3.05, 3.63) is 89.1 Å². The first-order valence-corrected chi connectivity index (χ1v) is 9.70. The van der Waals surface area contributed by atoms with Crippen LogP contribution >= 0.6 is 0 Å². The molecule has 2 aromatic heterocycles. The van der Waals surface area contributed by atoms with Crippen molar-refractivity contribution in [3.8, 4) is 16.9 Å². The van der Waals surface area contributed by atoms with E-state index < -0.39 is 5.91 Å². The number of rotatable bonds is 5. The molecule has 2 aromatic carbocycles. The van der Waals surface area contributed by atoms with Crippen molar-refractivity contribution in [2.24, 2.45) is 0 Å². The largest absolute Gasteiger partial charge is 0.273 e. The van der Waals surface area contributed by atoms with Gasteiger partial charge in [0, 0.05) is 23.1 Å². The van der Waals surface area contributed by atoms with E-state index in [2.05, 4.69) is 25.9 Å². The van der Waals surface area contributed by atoms with Crippen LogP contribution in [0.15, 0.2) is 60.8 Å². The number of hydrazine groups is 1. The van der Waals surface area contributed by atoms with Gasteiger partial charge in [0.2, 0.25) is 5.95 Å². The number of aryl methyl sites for hydroxylation is 3. The second kappa shape index (κ2) is 8.35. The van der Waals surface area contributed by atoms with E-state index >= 15 is 0 Å². The quantitative estimate of drug-likeness (QED) is 0.478. The fourth-order valence-electron chi connectivity index (χ4n) is 3.23. The third kappa shape index (κ3) is 4.58. The van der Waals surface area contributed by atoms with Gasteiger partial charge in [-0.1, -0.05) is 23.8 Å². The maximum atomic E-state index is 13.3. The molecule has 0 saturated carbocycles. The predicted molar refractivity (Wildman–Crippen MR) is 116 cm³/mol. The highest BCUT2D eigenvalue weighted by Gasteiger charge is 2.19. The molecule has 0 saturated heterocycles. The van der Waals surface area contributed by atoms with Crippen molar-refractivity contribution in [1.29, 1.82) is 0 Å². The van der Waals surface area contributed by atoms with Gasteiger partial charge in [-0.05, 0) is 57.2 Å². The molecule has 0 aliphatic carbocycles. The summed E-state index contributed by atoms with van der Waals surface area (Å²) in [6.45, 7) is 5.67. The summed E-state index contributed by atoms with van der Waals surface area (Å²) in [5.74, 6) is -0.438. The third-order valence-corrected chi connectivity index (χ3v) is 4.61.